The summed E-state index contributed by atoms with van der Waals surface area (Å²) in [6.45, 7) is 0. The highest BCUT2D eigenvalue weighted by atomic mass is 32.2. The van der Waals surface area contributed by atoms with Crippen molar-refractivity contribution in [2.24, 2.45) is 0 Å². The molecule has 1 atom stereocenters. The summed E-state index contributed by atoms with van der Waals surface area (Å²) >= 11 is 1.89. The monoisotopic (exact) mass is 292 g/mol. The van der Waals surface area contributed by atoms with Crippen LogP contribution >= 0.6 is 11.8 Å². The fourth-order valence-corrected chi connectivity index (χ4v) is 3.85. The van der Waals surface area contributed by atoms with Crippen LogP contribution in [0.25, 0.3) is 0 Å². The van der Waals surface area contributed by atoms with E-state index >= 15 is 0 Å². The largest absolute Gasteiger partial charge is 0.473 e. The number of carbonyl (C=O) groups excluding carboxylic acids is 1. The minimum absolute atomic E-state index is 0.0503. The molecular weight excluding hydrogens is 272 g/mol. The van der Waals surface area contributed by atoms with Gasteiger partial charge in [-0.1, -0.05) is 12.8 Å². The summed E-state index contributed by atoms with van der Waals surface area (Å²) in [5.41, 5.74) is 0.566. The lowest BCUT2D eigenvalue weighted by Crippen LogP contribution is -2.33. The Morgan fingerprint density at radius 3 is 2.95 bits per heavy atom. The zero-order valence-corrected chi connectivity index (χ0v) is 12.3. The van der Waals surface area contributed by atoms with Gasteiger partial charge in [-0.2, -0.15) is 11.8 Å². The summed E-state index contributed by atoms with van der Waals surface area (Å²) in [6, 6.07) is 3.91. The van der Waals surface area contributed by atoms with Gasteiger partial charge < -0.3 is 10.1 Å². The minimum Gasteiger partial charge on any atom is -0.473 e. The highest BCUT2D eigenvalue weighted by Crippen LogP contribution is 2.25. The quantitative estimate of drug-likeness (QED) is 0.927. The van der Waals surface area contributed by atoms with Crippen molar-refractivity contribution in [3.05, 3.63) is 23.9 Å². The first-order valence-electron chi connectivity index (χ1n) is 7.33. The average Bonchev–Trinajstić information content (AvgIpc) is 3.13. The summed E-state index contributed by atoms with van der Waals surface area (Å²) in [4.78, 5) is 16.6. The number of aromatic nitrogens is 1. The van der Waals surface area contributed by atoms with Gasteiger partial charge in [-0.05, 0) is 37.1 Å². The molecule has 1 N–H and O–H groups in total. The second-order valence-electron chi connectivity index (χ2n) is 5.41. The van der Waals surface area contributed by atoms with Gasteiger partial charge in [0.1, 0.15) is 11.7 Å². The van der Waals surface area contributed by atoms with Gasteiger partial charge in [0.2, 0.25) is 5.88 Å². The van der Waals surface area contributed by atoms with Crippen LogP contribution in [-0.4, -0.2) is 34.5 Å². The zero-order chi connectivity index (χ0) is 13.8. The van der Waals surface area contributed by atoms with E-state index in [2.05, 4.69) is 10.3 Å². The van der Waals surface area contributed by atoms with Crippen LogP contribution in [0, 0.1) is 0 Å². The molecule has 0 bridgehead atoms. The minimum atomic E-state index is -0.0503. The first kappa shape index (κ1) is 13.7. The number of hydrogen-bond donors (Lipinski definition) is 1. The number of nitrogens with one attached hydrogen (secondary N) is 1. The van der Waals surface area contributed by atoms with Crippen molar-refractivity contribution in [1.82, 2.24) is 10.3 Å². The van der Waals surface area contributed by atoms with Gasteiger partial charge in [-0.25, -0.2) is 4.98 Å². The van der Waals surface area contributed by atoms with Crippen molar-refractivity contribution in [2.45, 2.75) is 44.2 Å². The Balaban J connectivity index is 1.69. The fourth-order valence-electron chi connectivity index (χ4n) is 2.75. The van der Waals surface area contributed by atoms with Crippen molar-refractivity contribution in [1.29, 1.82) is 0 Å². The Kier molecular flexibility index (Phi) is 4.45. The molecule has 4 nitrogen and oxygen atoms in total. The lowest BCUT2D eigenvalue weighted by Gasteiger charge is -2.16. The van der Waals surface area contributed by atoms with Gasteiger partial charge in [0, 0.05) is 18.0 Å². The molecule has 108 valence electrons. The van der Waals surface area contributed by atoms with Crippen molar-refractivity contribution in [3.8, 4) is 5.88 Å². The van der Waals surface area contributed by atoms with Crippen molar-refractivity contribution in [3.63, 3.8) is 0 Å². The molecule has 0 spiro atoms. The summed E-state index contributed by atoms with van der Waals surface area (Å²) in [5.74, 6) is 2.54. The van der Waals surface area contributed by atoms with Gasteiger partial charge in [0.25, 0.3) is 5.91 Å². The number of amides is 1. The number of thioether (sulfide) groups is 1. The van der Waals surface area contributed by atoms with E-state index in [1.807, 2.05) is 11.8 Å². The third-order valence-corrected chi connectivity index (χ3v) is 5.00. The summed E-state index contributed by atoms with van der Waals surface area (Å²) in [6.07, 6.45) is 7.49. The molecular formula is C15H20N2O2S. The van der Waals surface area contributed by atoms with E-state index < -0.39 is 0 Å². The maximum atomic E-state index is 12.4. The molecule has 2 heterocycles. The summed E-state index contributed by atoms with van der Waals surface area (Å²) in [5, 5.41) is 3.10. The van der Waals surface area contributed by atoms with E-state index in [1.54, 1.807) is 18.3 Å². The molecule has 1 aliphatic carbocycles. The number of pyridine rings is 1. The van der Waals surface area contributed by atoms with E-state index in [0.29, 0.717) is 17.5 Å². The van der Waals surface area contributed by atoms with Crippen LogP contribution in [-0.2, 0) is 0 Å². The molecule has 1 aromatic rings. The summed E-state index contributed by atoms with van der Waals surface area (Å²) < 4.78 is 5.90. The number of rotatable bonds is 4. The number of nitrogens with zero attached hydrogens (tertiary/aromatic N) is 1. The fraction of sp³-hybridized carbons (Fsp3) is 0.600. The first-order valence-corrected chi connectivity index (χ1v) is 8.48. The molecule has 1 aromatic heterocycles. The predicted molar refractivity (Wildman–Crippen MR) is 80.3 cm³/mol. The standard InChI is InChI=1S/C15H20N2O2S/c18-14(17-11-4-1-2-5-11)13-6-3-8-16-15(13)19-12-7-9-20-10-12/h3,6,8,11-12H,1-2,4-5,7,9-10H2,(H,17,18). The second-order valence-corrected chi connectivity index (χ2v) is 6.56. The predicted octanol–water partition coefficient (Wildman–Crippen LogP) is 2.64. The maximum absolute atomic E-state index is 12.4. The molecule has 1 amide bonds. The van der Waals surface area contributed by atoms with E-state index in [-0.39, 0.29) is 12.0 Å². The van der Waals surface area contributed by atoms with E-state index in [0.717, 1.165) is 30.8 Å². The Morgan fingerprint density at radius 1 is 1.35 bits per heavy atom. The molecule has 1 saturated heterocycles. The zero-order valence-electron chi connectivity index (χ0n) is 11.5. The Morgan fingerprint density at radius 2 is 2.20 bits per heavy atom. The normalized spacial score (nSPS) is 22.9. The number of ether oxygens (including phenoxy) is 1. The van der Waals surface area contributed by atoms with Gasteiger partial charge in [0.15, 0.2) is 0 Å². The molecule has 2 fully saturated rings. The summed E-state index contributed by atoms with van der Waals surface area (Å²) in [7, 11) is 0. The highest BCUT2D eigenvalue weighted by Gasteiger charge is 2.23. The van der Waals surface area contributed by atoms with Gasteiger partial charge in [-0.3, -0.25) is 4.79 Å². The van der Waals surface area contributed by atoms with Crippen LogP contribution in [0.3, 0.4) is 0 Å². The first-order chi connectivity index (χ1) is 9.83. The molecule has 2 aliphatic rings. The topological polar surface area (TPSA) is 51.2 Å². The maximum Gasteiger partial charge on any atom is 0.256 e. The van der Waals surface area contributed by atoms with Crippen LogP contribution < -0.4 is 10.1 Å². The number of hydrogen-bond acceptors (Lipinski definition) is 4. The Labute approximate surface area is 123 Å². The third-order valence-electron chi connectivity index (χ3n) is 3.87. The van der Waals surface area contributed by atoms with Crippen LogP contribution in [0.4, 0.5) is 0 Å². The van der Waals surface area contributed by atoms with Crippen LogP contribution in [0.15, 0.2) is 18.3 Å². The van der Waals surface area contributed by atoms with Crippen molar-refractivity contribution < 1.29 is 9.53 Å². The third kappa shape index (κ3) is 3.26. The van der Waals surface area contributed by atoms with E-state index in [4.69, 9.17) is 4.74 Å². The second kappa shape index (κ2) is 6.48. The molecule has 20 heavy (non-hydrogen) atoms. The Hall–Kier alpha value is -1.23. The van der Waals surface area contributed by atoms with Gasteiger partial charge in [0.05, 0.1) is 0 Å². The smallest absolute Gasteiger partial charge is 0.256 e. The van der Waals surface area contributed by atoms with Crippen molar-refractivity contribution in [2.75, 3.05) is 11.5 Å². The molecule has 5 heteroatoms. The average molecular weight is 292 g/mol. The molecule has 0 radical (unpaired) electrons. The van der Waals surface area contributed by atoms with Gasteiger partial charge in [-0.15, -0.1) is 0 Å². The molecule has 3 rings (SSSR count). The van der Waals surface area contributed by atoms with E-state index in [1.165, 1.54) is 12.8 Å². The Bertz CT molecular complexity index is 469. The van der Waals surface area contributed by atoms with Crippen LogP contribution in [0.1, 0.15) is 42.5 Å². The van der Waals surface area contributed by atoms with Crippen LogP contribution in [0.5, 0.6) is 5.88 Å². The molecule has 0 aromatic carbocycles. The SMILES string of the molecule is O=C(NC1CCCC1)c1cccnc1OC1CCSC1. The molecule has 1 unspecified atom stereocenters. The van der Waals surface area contributed by atoms with Crippen molar-refractivity contribution >= 4 is 17.7 Å². The lowest BCUT2D eigenvalue weighted by atomic mass is 10.2. The molecule has 1 saturated carbocycles. The number of carbonyl (C=O) groups is 1. The highest BCUT2D eigenvalue weighted by molar-refractivity contribution is 7.99. The van der Waals surface area contributed by atoms with E-state index in [9.17, 15) is 4.79 Å². The molecule has 1 aliphatic heterocycles. The van der Waals surface area contributed by atoms with Crippen LogP contribution in [0.2, 0.25) is 0 Å². The lowest BCUT2D eigenvalue weighted by molar-refractivity contribution is 0.0930. The van der Waals surface area contributed by atoms with Gasteiger partial charge >= 0.3 is 0 Å².